The van der Waals surface area contributed by atoms with Crippen molar-refractivity contribution in [2.45, 2.75) is 20.3 Å². The van der Waals surface area contributed by atoms with Crippen molar-refractivity contribution >= 4 is 5.91 Å². The summed E-state index contributed by atoms with van der Waals surface area (Å²) < 4.78 is 4.86. The molecule has 15 heavy (non-hydrogen) atoms. The second-order valence-electron chi connectivity index (χ2n) is 4.86. The molecule has 0 radical (unpaired) electrons. The Labute approximate surface area is 91.8 Å². The molecule has 0 heterocycles. The van der Waals surface area contributed by atoms with E-state index in [0.29, 0.717) is 24.5 Å². The number of nitrogens with one attached hydrogen (secondary N) is 2. The molecule has 0 bridgehead atoms. The third-order valence-electron chi connectivity index (χ3n) is 3.03. The van der Waals surface area contributed by atoms with Crippen LogP contribution >= 0.6 is 0 Å². The van der Waals surface area contributed by atoms with Gasteiger partial charge in [0.25, 0.3) is 0 Å². The van der Waals surface area contributed by atoms with Crippen LogP contribution in [0, 0.1) is 11.3 Å². The van der Waals surface area contributed by atoms with Gasteiger partial charge in [-0.25, -0.2) is 0 Å². The summed E-state index contributed by atoms with van der Waals surface area (Å²) in [5.41, 5.74) is 0.441. The molecule has 88 valence electrons. The van der Waals surface area contributed by atoms with Crippen LogP contribution in [-0.2, 0) is 9.53 Å². The molecule has 0 aromatic heterocycles. The summed E-state index contributed by atoms with van der Waals surface area (Å²) in [6, 6.07) is 0. The van der Waals surface area contributed by atoms with Gasteiger partial charge in [0.2, 0.25) is 5.91 Å². The van der Waals surface area contributed by atoms with E-state index in [4.69, 9.17) is 4.74 Å². The van der Waals surface area contributed by atoms with E-state index in [1.165, 1.54) is 6.42 Å². The van der Waals surface area contributed by atoms with E-state index in [-0.39, 0.29) is 5.91 Å². The highest BCUT2D eigenvalue weighted by Gasteiger charge is 2.45. The molecule has 1 atom stereocenters. The molecule has 0 aromatic carbocycles. The molecule has 2 N–H and O–H groups in total. The Morgan fingerprint density at radius 2 is 2.20 bits per heavy atom. The SMILES string of the molecule is COCCNCC(=O)NCC1CC1(C)C. The Kier molecular flexibility index (Phi) is 4.54. The van der Waals surface area contributed by atoms with Crippen molar-refractivity contribution in [1.29, 1.82) is 0 Å². The average molecular weight is 214 g/mol. The molecule has 1 unspecified atom stereocenters. The Hall–Kier alpha value is -0.610. The number of carbonyl (C=O) groups excluding carboxylic acids is 1. The van der Waals surface area contributed by atoms with Crippen molar-refractivity contribution in [1.82, 2.24) is 10.6 Å². The molecule has 0 aliphatic heterocycles. The van der Waals surface area contributed by atoms with Gasteiger partial charge in [-0.3, -0.25) is 4.79 Å². The van der Waals surface area contributed by atoms with Crippen LogP contribution in [-0.4, -0.2) is 39.3 Å². The summed E-state index contributed by atoms with van der Waals surface area (Å²) in [7, 11) is 1.65. The van der Waals surface area contributed by atoms with Crippen LogP contribution in [0.1, 0.15) is 20.3 Å². The van der Waals surface area contributed by atoms with Crippen LogP contribution in [0.15, 0.2) is 0 Å². The van der Waals surface area contributed by atoms with Gasteiger partial charge >= 0.3 is 0 Å². The Morgan fingerprint density at radius 1 is 1.53 bits per heavy atom. The number of hydrogen-bond donors (Lipinski definition) is 2. The van der Waals surface area contributed by atoms with Crippen molar-refractivity contribution in [2.75, 3.05) is 33.4 Å². The second-order valence-corrected chi connectivity index (χ2v) is 4.86. The van der Waals surface area contributed by atoms with Crippen LogP contribution in [0.4, 0.5) is 0 Å². The molecular formula is C11H22N2O2. The van der Waals surface area contributed by atoms with Crippen molar-refractivity contribution in [3.8, 4) is 0 Å². The summed E-state index contributed by atoms with van der Waals surface area (Å²) in [6.45, 7) is 7.04. The minimum absolute atomic E-state index is 0.0776. The van der Waals surface area contributed by atoms with E-state index in [1.807, 2.05) is 0 Å². The molecule has 1 saturated carbocycles. The fourth-order valence-corrected chi connectivity index (χ4v) is 1.60. The molecule has 1 amide bonds. The normalized spacial score (nSPS) is 22.5. The van der Waals surface area contributed by atoms with E-state index in [1.54, 1.807) is 7.11 Å². The van der Waals surface area contributed by atoms with E-state index in [2.05, 4.69) is 24.5 Å². The van der Waals surface area contributed by atoms with Crippen LogP contribution in [0.25, 0.3) is 0 Å². The lowest BCUT2D eigenvalue weighted by atomic mass is 10.1. The summed E-state index contributed by atoms with van der Waals surface area (Å²) in [4.78, 5) is 11.3. The minimum atomic E-state index is 0.0776. The molecular weight excluding hydrogens is 192 g/mol. The van der Waals surface area contributed by atoms with Crippen LogP contribution in [0.3, 0.4) is 0 Å². The van der Waals surface area contributed by atoms with Gasteiger partial charge in [0.05, 0.1) is 13.2 Å². The molecule has 1 fully saturated rings. The first-order valence-corrected chi connectivity index (χ1v) is 5.52. The van der Waals surface area contributed by atoms with Gasteiger partial charge in [0, 0.05) is 20.2 Å². The standard InChI is InChI=1S/C11H22N2O2/c1-11(2)6-9(11)7-13-10(14)8-12-4-5-15-3/h9,12H,4-8H2,1-3H3,(H,13,14). The minimum Gasteiger partial charge on any atom is -0.383 e. The maximum atomic E-state index is 11.3. The molecule has 0 saturated heterocycles. The zero-order chi connectivity index (χ0) is 11.3. The summed E-state index contributed by atoms with van der Waals surface area (Å²) >= 11 is 0. The molecule has 0 spiro atoms. The molecule has 0 aromatic rings. The third kappa shape index (κ3) is 4.62. The Morgan fingerprint density at radius 3 is 2.73 bits per heavy atom. The average Bonchev–Trinajstić information content (AvgIpc) is 2.78. The lowest BCUT2D eigenvalue weighted by Gasteiger charge is -2.07. The highest BCUT2D eigenvalue weighted by atomic mass is 16.5. The van der Waals surface area contributed by atoms with Gasteiger partial charge in [0.1, 0.15) is 0 Å². The quantitative estimate of drug-likeness (QED) is 0.603. The first-order chi connectivity index (χ1) is 7.06. The highest BCUT2D eigenvalue weighted by Crippen LogP contribution is 2.50. The largest absolute Gasteiger partial charge is 0.383 e. The lowest BCUT2D eigenvalue weighted by Crippen LogP contribution is -2.36. The molecule has 1 aliphatic rings. The summed E-state index contributed by atoms with van der Waals surface area (Å²) in [5, 5.41) is 5.95. The highest BCUT2D eigenvalue weighted by molar-refractivity contribution is 5.78. The number of hydrogen-bond acceptors (Lipinski definition) is 3. The molecule has 1 aliphatic carbocycles. The summed E-state index contributed by atoms with van der Waals surface area (Å²) in [5.74, 6) is 0.745. The number of ether oxygens (including phenoxy) is 1. The van der Waals surface area contributed by atoms with E-state index >= 15 is 0 Å². The van der Waals surface area contributed by atoms with Gasteiger partial charge in [-0.1, -0.05) is 13.8 Å². The van der Waals surface area contributed by atoms with Gasteiger partial charge < -0.3 is 15.4 Å². The first kappa shape index (κ1) is 12.5. The third-order valence-corrected chi connectivity index (χ3v) is 3.03. The second kappa shape index (κ2) is 5.47. The smallest absolute Gasteiger partial charge is 0.233 e. The van der Waals surface area contributed by atoms with Crippen LogP contribution < -0.4 is 10.6 Å². The lowest BCUT2D eigenvalue weighted by molar-refractivity contribution is -0.120. The van der Waals surface area contributed by atoms with Crippen molar-refractivity contribution in [3.63, 3.8) is 0 Å². The van der Waals surface area contributed by atoms with Gasteiger partial charge in [-0.2, -0.15) is 0 Å². The van der Waals surface area contributed by atoms with E-state index < -0.39 is 0 Å². The zero-order valence-electron chi connectivity index (χ0n) is 9.93. The van der Waals surface area contributed by atoms with Gasteiger partial charge in [-0.15, -0.1) is 0 Å². The van der Waals surface area contributed by atoms with Crippen LogP contribution in [0.5, 0.6) is 0 Å². The molecule has 4 heteroatoms. The molecule has 4 nitrogen and oxygen atoms in total. The van der Waals surface area contributed by atoms with Crippen LogP contribution in [0.2, 0.25) is 0 Å². The number of methoxy groups -OCH3 is 1. The fraction of sp³-hybridized carbons (Fsp3) is 0.909. The zero-order valence-corrected chi connectivity index (χ0v) is 9.93. The van der Waals surface area contributed by atoms with Crippen molar-refractivity contribution in [3.05, 3.63) is 0 Å². The Bertz CT molecular complexity index is 217. The number of carbonyl (C=O) groups is 1. The van der Waals surface area contributed by atoms with E-state index in [0.717, 1.165) is 13.1 Å². The maximum Gasteiger partial charge on any atom is 0.233 e. The molecule has 1 rings (SSSR count). The predicted molar refractivity (Wildman–Crippen MR) is 59.6 cm³/mol. The topological polar surface area (TPSA) is 50.4 Å². The first-order valence-electron chi connectivity index (χ1n) is 5.52. The monoisotopic (exact) mass is 214 g/mol. The predicted octanol–water partition coefficient (Wildman–Crippen LogP) is 0.385. The van der Waals surface area contributed by atoms with Gasteiger partial charge in [-0.05, 0) is 17.8 Å². The van der Waals surface area contributed by atoms with Gasteiger partial charge in [0.15, 0.2) is 0 Å². The number of amides is 1. The number of rotatable bonds is 7. The maximum absolute atomic E-state index is 11.3. The Balaban J connectivity index is 1.95. The fourth-order valence-electron chi connectivity index (χ4n) is 1.60. The summed E-state index contributed by atoms with van der Waals surface area (Å²) in [6.07, 6.45) is 1.23. The van der Waals surface area contributed by atoms with Crippen molar-refractivity contribution < 1.29 is 9.53 Å². The van der Waals surface area contributed by atoms with E-state index in [9.17, 15) is 4.79 Å². The van der Waals surface area contributed by atoms with Crippen molar-refractivity contribution in [2.24, 2.45) is 11.3 Å².